The second kappa shape index (κ2) is 16.4. The molecule has 0 saturated heterocycles. The lowest BCUT2D eigenvalue weighted by Gasteiger charge is -2.37. The molecule has 2 aliphatic carbocycles. The summed E-state index contributed by atoms with van der Waals surface area (Å²) in [5.41, 5.74) is 15.1. The SMILES string of the molecule is C1=CCC(N(c2ccc(-c3ccc(-c4cccc5ccccc45)cc3)cc2)c2ccc3c4ccccc4n(-c4ccccc4)c3c2)C(c2cccc3cccc(C4CCCCC4)c23)=C1. The number of rotatable bonds is 8. The number of para-hydroxylation sites is 2. The van der Waals surface area contributed by atoms with E-state index in [-0.39, 0.29) is 6.04 Å². The Labute approximate surface area is 376 Å². The lowest BCUT2D eigenvalue weighted by molar-refractivity contribution is 0.445. The van der Waals surface area contributed by atoms with Crippen LogP contribution in [0.5, 0.6) is 0 Å². The largest absolute Gasteiger partial charge is 0.334 e. The summed E-state index contributed by atoms with van der Waals surface area (Å²) in [6, 6.07) is 74.6. The first-order chi connectivity index (χ1) is 31.8. The van der Waals surface area contributed by atoms with Crippen molar-refractivity contribution in [3.8, 4) is 27.9 Å². The molecular formula is C62H50N2. The smallest absolute Gasteiger partial charge is 0.0632 e. The van der Waals surface area contributed by atoms with E-state index in [1.165, 1.54) is 131 Å². The van der Waals surface area contributed by atoms with Gasteiger partial charge in [-0.15, -0.1) is 0 Å². The van der Waals surface area contributed by atoms with Crippen LogP contribution in [-0.2, 0) is 0 Å². The first kappa shape index (κ1) is 38.3. The summed E-state index contributed by atoms with van der Waals surface area (Å²) in [5, 5.41) is 7.85. The Hall–Kier alpha value is -7.42. The molecule has 0 amide bonds. The number of fused-ring (bicyclic) bond motifs is 5. The normalized spacial score (nSPS) is 15.6. The van der Waals surface area contributed by atoms with Gasteiger partial charge in [0.15, 0.2) is 0 Å². The highest BCUT2D eigenvalue weighted by Crippen LogP contribution is 2.45. The molecule has 2 aliphatic rings. The second-order valence-electron chi connectivity index (χ2n) is 17.8. The summed E-state index contributed by atoms with van der Waals surface area (Å²) in [5.74, 6) is 0.601. The van der Waals surface area contributed by atoms with Crippen molar-refractivity contribution in [2.45, 2.75) is 50.5 Å². The molecule has 1 saturated carbocycles. The fourth-order valence-corrected chi connectivity index (χ4v) is 11.1. The Kier molecular flexibility index (Phi) is 9.79. The molecule has 1 fully saturated rings. The predicted octanol–water partition coefficient (Wildman–Crippen LogP) is 17.0. The van der Waals surface area contributed by atoms with Crippen LogP contribution in [0.25, 0.3) is 76.9 Å². The van der Waals surface area contributed by atoms with Crippen LogP contribution in [-0.4, -0.2) is 10.6 Å². The van der Waals surface area contributed by atoms with E-state index in [4.69, 9.17) is 0 Å². The second-order valence-corrected chi connectivity index (χ2v) is 17.8. The minimum absolute atomic E-state index is 0.0628. The molecule has 0 N–H and O–H groups in total. The number of benzene rings is 9. The Balaban J connectivity index is 0.998. The van der Waals surface area contributed by atoms with Crippen molar-refractivity contribution in [1.82, 2.24) is 4.57 Å². The average Bonchev–Trinajstić information content (AvgIpc) is 3.70. The van der Waals surface area contributed by atoms with Crippen molar-refractivity contribution in [3.63, 3.8) is 0 Å². The van der Waals surface area contributed by atoms with E-state index in [2.05, 4.69) is 228 Å². The van der Waals surface area contributed by atoms with Gasteiger partial charge in [-0.25, -0.2) is 0 Å². The third kappa shape index (κ3) is 6.73. The molecule has 12 rings (SSSR count). The molecule has 0 radical (unpaired) electrons. The Morgan fingerprint density at radius 1 is 0.453 bits per heavy atom. The molecule has 308 valence electrons. The van der Waals surface area contributed by atoms with Gasteiger partial charge in [-0.2, -0.15) is 0 Å². The number of hydrogen-bond donors (Lipinski definition) is 0. The van der Waals surface area contributed by atoms with Crippen LogP contribution < -0.4 is 4.90 Å². The molecule has 0 spiro atoms. The third-order valence-corrected chi connectivity index (χ3v) is 14.1. The Morgan fingerprint density at radius 2 is 1.08 bits per heavy atom. The molecule has 0 aliphatic heterocycles. The average molecular weight is 823 g/mol. The van der Waals surface area contributed by atoms with E-state index in [1.54, 1.807) is 0 Å². The minimum Gasteiger partial charge on any atom is -0.334 e. The van der Waals surface area contributed by atoms with Crippen molar-refractivity contribution in [1.29, 1.82) is 0 Å². The standard InChI is InChI=1S/C62H50N2/c1-3-16-46(17-4-1)54-28-14-20-48-21-15-29-58(62(48)54)56-26-10-11-30-59(56)63(51-40-41-57-55-25-9-12-31-60(55)64(61(57)42-51)49-22-5-2-6-23-49)50-38-36-44(37-39-50)43-32-34-47(35-33-43)53-27-13-19-45-18-7-8-24-52(45)53/h2,5-15,18-29,31-42,46,59H,1,3-4,16-17,30H2. The van der Waals surface area contributed by atoms with E-state index in [9.17, 15) is 0 Å². The fraction of sp³-hybridized carbons (Fsp3) is 0.129. The summed E-state index contributed by atoms with van der Waals surface area (Å²) < 4.78 is 2.44. The molecule has 0 bridgehead atoms. The minimum atomic E-state index is 0.0628. The molecule has 1 aromatic heterocycles. The molecule has 64 heavy (non-hydrogen) atoms. The zero-order chi connectivity index (χ0) is 42.4. The number of anilines is 2. The monoisotopic (exact) mass is 822 g/mol. The topological polar surface area (TPSA) is 8.17 Å². The number of allylic oxidation sites excluding steroid dienone is 2. The molecule has 2 heteroatoms. The van der Waals surface area contributed by atoms with Crippen molar-refractivity contribution in [2.24, 2.45) is 0 Å². The van der Waals surface area contributed by atoms with E-state index in [0.717, 1.165) is 6.42 Å². The lowest BCUT2D eigenvalue weighted by Crippen LogP contribution is -2.33. The van der Waals surface area contributed by atoms with Gasteiger partial charge < -0.3 is 9.47 Å². The van der Waals surface area contributed by atoms with Crippen LogP contribution in [0.4, 0.5) is 11.4 Å². The zero-order valence-electron chi connectivity index (χ0n) is 36.1. The van der Waals surface area contributed by atoms with Crippen LogP contribution >= 0.6 is 0 Å². The zero-order valence-corrected chi connectivity index (χ0v) is 36.1. The van der Waals surface area contributed by atoms with Crippen molar-refractivity contribution >= 4 is 60.3 Å². The highest BCUT2D eigenvalue weighted by molar-refractivity contribution is 6.10. The molecule has 10 aromatic rings. The summed E-state index contributed by atoms with van der Waals surface area (Å²) in [4.78, 5) is 2.62. The van der Waals surface area contributed by atoms with Gasteiger partial charge in [0, 0.05) is 27.8 Å². The maximum absolute atomic E-state index is 2.62. The first-order valence-corrected chi connectivity index (χ1v) is 23.2. The van der Waals surface area contributed by atoms with Gasteiger partial charge in [0.25, 0.3) is 0 Å². The third-order valence-electron chi connectivity index (χ3n) is 14.1. The van der Waals surface area contributed by atoms with E-state index < -0.39 is 0 Å². The highest BCUT2D eigenvalue weighted by Gasteiger charge is 2.29. The Bertz CT molecular complexity index is 3370. The van der Waals surface area contributed by atoms with Crippen LogP contribution in [0.2, 0.25) is 0 Å². The van der Waals surface area contributed by atoms with Gasteiger partial charge in [0.2, 0.25) is 0 Å². The van der Waals surface area contributed by atoms with Gasteiger partial charge in [-0.3, -0.25) is 0 Å². The fourth-order valence-electron chi connectivity index (χ4n) is 11.1. The van der Waals surface area contributed by atoms with Crippen LogP contribution in [0.15, 0.2) is 218 Å². The summed E-state index contributed by atoms with van der Waals surface area (Å²) >= 11 is 0. The molecule has 1 heterocycles. The van der Waals surface area contributed by atoms with Crippen LogP contribution in [0, 0.1) is 0 Å². The van der Waals surface area contributed by atoms with Crippen molar-refractivity contribution in [3.05, 3.63) is 230 Å². The van der Waals surface area contributed by atoms with Crippen LogP contribution in [0.1, 0.15) is 55.6 Å². The van der Waals surface area contributed by atoms with Crippen molar-refractivity contribution < 1.29 is 0 Å². The van der Waals surface area contributed by atoms with Gasteiger partial charge in [0.05, 0.1) is 17.1 Å². The first-order valence-electron chi connectivity index (χ1n) is 23.2. The van der Waals surface area contributed by atoms with E-state index in [1.807, 2.05) is 0 Å². The summed E-state index contributed by atoms with van der Waals surface area (Å²) in [7, 11) is 0. The summed E-state index contributed by atoms with van der Waals surface area (Å²) in [6.07, 6.45) is 14.5. The van der Waals surface area contributed by atoms with Gasteiger partial charge in [0.1, 0.15) is 0 Å². The highest BCUT2D eigenvalue weighted by atomic mass is 15.2. The van der Waals surface area contributed by atoms with E-state index in [0.29, 0.717) is 5.92 Å². The van der Waals surface area contributed by atoms with Gasteiger partial charge >= 0.3 is 0 Å². The van der Waals surface area contributed by atoms with Gasteiger partial charge in [-0.1, -0.05) is 195 Å². The molecule has 2 nitrogen and oxygen atoms in total. The summed E-state index contributed by atoms with van der Waals surface area (Å²) in [6.45, 7) is 0. The number of hydrogen-bond acceptors (Lipinski definition) is 1. The maximum atomic E-state index is 2.62. The lowest BCUT2D eigenvalue weighted by atomic mass is 9.79. The molecule has 9 aromatic carbocycles. The van der Waals surface area contributed by atoms with Crippen LogP contribution in [0.3, 0.4) is 0 Å². The van der Waals surface area contributed by atoms with Gasteiger partial charge in [-0.05, 0) is 128 Å². The quantitative estimate of drug-likeness (QED) is 0.148. The number of aromatic nitrogens is 1. The predicted molar refractivity (Wildman–Crippen MR) is 273 cm³/mol. The molecule has 1 atom stereocenters. The molecule has 1 unspecified atom stereocenters. The van der Waals surface area contributed by atoms with Crippen molar-refractivity contribution in [2.75, 3.05) is 4.90 Å². The van der Waals surface area contributed by atoms with E-state index >= 15 is 0 Å². The maximum Gasteiger partial charge on any atom is 0.0632 e. The molecular weight excluding hydrogens is 773 g/mol. The number of nitrogens with zero attached hydrogens (tertiary/aromatic N) is 2. The Morgan fingerprint density at radius 3 is 1.89 bits per heavy atom.